The number of halogens is 3. The number of fused-ring (bicyclic) bond motifs is 2. The summed E-state index contributed by atoms with van der Waals surface area (Å²) in [5.41, 5.74) is 2.02. The summed E-state index contributed by atoms with van der Waals surface area (Å²) in [6, 6.07) is 20.1. The van der Waals surface area contributed by atoms with Crippen molar-refractivity contribution in [1.82, 2.24) is 4.90 Å². The highest BCUT2D eigenvalue weighted by atomic mass is 19.4. The average molecular weight is 438 g/mol. The van der Waals surface area contributed by atoms with Gasteiger partial charge in [-0.3, -0.25) is 4.79 Å². The van der Waals surface area contributed by atoms with Crippen LogP contribution in [0.15, 0.2) is 72.8 Å². The van der Waals surface area contributed by atoms with Gasteiger partial charge in [-0.1, -0.05) is 36.4 Å². The van der Waals surface area contributed by atoms with Crippen molar-refractivity contribution in [2.75, 3.05) is 18.5 Å². The third-order valence-corrected chi connectivity index (χ3v) is 6.01. The quantitative estimate of drug-likeness (QED) is 0.591. The number of carbonyl (C=O) groups is 1. The second-order valence-corrected chi connectivity index (χ2v) is 8.15. The molecule has 7 heteroatoms. The molecule has 1 fully saturated rings. The molecule has 1 saturated heterocycles. The molecule has 0 aromatic heterocycles. The number of rotatable bonds is 3. The molecular weight excluding hydrogens is 417 g/mol. The van der Waals surface area contributed by atoms with E-state index in [0.29, 0.717) is 35.6 Å². The molecular formula is C25H21F3N2O2. The van der Waals surface area contributed by atoms with Gasteiger partial charge in [-0.2, -0.15) is 13.2 Å². The number of para-hydroxylation sites is 1. The number of hydrogen-bond acceptors (Lipinski definition) is 3. The molecule has 0 spiro atoms. The highest BCUT2D eigenvalue weighted by Crippen LogP contribution is 2.35. The Balaban J connectivity index is 1.38. The van der Waals surface area contributed by atoms with Crippen LogP contribution in [0.5, 0.6) is 5.75 Å². The first-order valence-electron chi connectivity index (χ1n) is 10.5. The summed E-state index contributed by atoms with van der Waals surface area (Å²) in [5.74, 6) is 0.390. The summed E-state index contributed by atoms with van der Waals surface area (Å²) in [7, 11) is 0. The van der Waals surface area contributed by atoms with Gasteiger partial charge >= 0.3 is 6.18 Å². The number of alkyl halides is 3. The van der Waals surface area contributed by atoms with Crippen molar-refractivity contribution in [2.24, 2.45) is 0 Å². The van der Waals surface area contributed by atoms with E-state index in [2.05, 4.69) is 5.32 Å². The van der Waals surface area contributed by atoms with E-state index in [-0.39, 0.29) is 18.0 Å². The van der Waals surface area contributed by atoms with E-state index in [1.165, 1.54) is 12.1 Å². The van der Waals surface area contributed by atoms with E-state index in [0.717, 1.165) is 24.2 Å². The van der Waals surface area contributed by atoms with Gasteiger partial charge in [0.2, 0.25) is 0 Å². The van der Waals surface area contributed by atoms with Gasteiger partial charge in [0.1, 0.15) is 12.4 Å². The Hall–Kier alpha value is -3.48. The Kier molecular flexibility index (Phi) is 5.04. The van der Waals surface area contributed by atoms with Gasteiger partial charge in [0.25, 0.3) is 5.91 Å². The standard InChI is InChI=1S/C25H21F3N2O2/c26-25(27,28)18-9-6-16(7-10-18)17-8-11-23-22(12-17)24(31)30-14-20(13-21(30)15-32-23)29-19-4-2-1-3-5-19/h1-12,20-21,29H,13-15H2/t20-,21-/m0/s1. The van der Waals surface area contributed by atoms with Gasteiger partial charge in [0, 0.05) is 18.3 Å². The number of hydrogen-bond donors (Lipinski definition) is 1. The lowest BCUT2D eigenvalue weighted by molar-refractivity contribution is -0.137. The van der Waals surface area contributed by atoms with E-state index in [4.69, 9.17) is 4.74 Å². The van der Waals surface area contributed by atoms with Crippen molar-refractivity contribution in [3.63, 3.8) is 0 Å². The summed E-state index contributed by atoms with van der Waals surface area (Å²) >= 11 is 0. The predicted molar refractivity (Wildman–Crippen MR) is 116 cm³/mol. The Morgan fingerprint density at radius 3 is 2.38 bits per heavy atom. The third kappa shape index (κ3) is 3.90. The number of carbonyl (C=O) groups excluding carboxylic acids is 1. The van der Waals surface area contributed by atoms with Crippen molar-refractivity contribution in [1.29, 1.82) is 0 Å². The van der Waals surface area contributed by atoms with Crippen LogP contribution in [0.2, 0.25) is 0 Å². The maximum Gasteiger partial charge on any atom is 0.416 e. The average Bonchev–Trinajstić information content (AvgIpc) is 3.14. The minimum Gasteiger partial charge on any atom is -0.491 e. The molecule has 2 heterocycles. The molecule has 0 unspecified atom stereocenters. The summed E-state index contributed by atoms with van der Waals surface area (Å²) in [5, 5.41) is 3.48. The zero-order chi connectivity index (χ0) is 22.3. The Bertz CT molecular complexity index is 1130. The molecule has 0 radical (unpaired) electrons. The lowest BCUT2D eigenvalue weighted by atomic mass is 10.0. The van der Waals surface area contributed by atoms with E-state index < -0.39 is 11.7 Å². The monoisotopic (exact) mass is 438 g/mol. The van der Waals surface area contributed by atoms with Gasteiger partial charge in [-0.15, -0.1) is 0 Å². The fourth-order valence-electron chi connectivity index (χ4n) is 4.39. The van der Waals surface area contributed by atoms with Crippen molar-refractivity contribution in [3.8, 4) is 16.9 Å². The van der Waals surface area contributed by atoms with Crippen LogP contribution < -0.4 is 10.1 Å². The first-order valence-corrected chi connectivity index (χ1v) is 10.5. The van der Waals surface area contributed by atoms with Crippen LogP contribution in [0.25, 0.3) is 11.1 Å². The zero-order valence-corrected chi connectivity index (χ0v) is 17.1. The minimum atomic E-state index is -4.38. The molecule has 32 heavy (non-hydrogen) atoms. The highest BCUT2D eigenvalue weighted by molar-refractivity contribution is 5.99. The van der Waals surface area contributed by atoms with Crippen LogP contribution in [0.3, 0.4) is 0 Å². The second-order valence-electron chi connectivity index (χ2n) is 8.15. The molecule has 5 rings (SSSR count). The summed E-state index contributed by atoms with van der Waals surface area (Å²) in [4.78, 5) is 15.2. The van der Waals surface area contributed by atoms with Crippen LogP contribution in [0.1, 0.15) is 22.3 Å². The maximum atomic E-state index is 13.4. The smallest absolute Gasteiger partial charge is 0.416 e. The van der Waals surface area contributed by atoms with Gasteiger partial charge in [0.15, 0.2) is 0 Å². The topological polar surface area (TPSA) is 41.6 Å². The van der Waals surface area contributed by atoms with Crippen LogP contribution in [0, 0.1) is 0 Å². The number of nitrogens with zero attached hydrogens (tertiary/aromatic N) is 1. The first kappa shape index (κ1) is 20.4. The summed E-state index contributed by atoms with van der Waals surface area (Å²) < 4.78 is 44.5. The van der Waals surface area contributed by atoms with Crippen LogP contribution in [-0.4, -0.2) is 36.0 Å². The molecule has 164 valence electrons. The van der Waals surface area contributed by atoms with Gasteiger partial charge in [-0.05, 0) is 53.9 Å². The molecule has 2 atom stereocenters. The number of ether oxygens (including phenoxy) is 1. The molecule has 2 aliphatic heterocycles. The van der Waals surface area contributed by atoms with Gasteiger partial charge in [0.05, 0.1) is 17.2 Å². The van der Waals surface area contributed by atoms with E-state index in [9.17, 15) is 18.0 Å². The number of benzene rings is 3. The maximum absolute atomic E-state index is 13.4. The van der Waals surface area contributed by atoms with E-state index in [1.807, 2.05) is 35.2 Å². The largest absolute Gasteiger partial charge is 0.491 e. The Labute approximate surface area is 183 Å². The molecule has 4 nitrogen and oxygen atoms in total. The third-order valence-electron chi connectivity index (χ3n) is 6.01. The number of anilines is 1. The van der Waals surface area contributed by atoms with E-state index in [1.54, 1.807) is 18.2 Å². The highest BCUT2D eigenvalue weighted by Gasteiger charge is 2.39. The van der Waals surface area contributed by atoms with Gasteiger partial charge in [-0.25, -0.2) is 0 Å². The molecule has 2 aliphatic rings. The SMILES string of the molecule is O=C1c2cc(-c3ccc(C(F)(F)F)cc3)ccc2OC[C@@H]2C[C@H](Nc3ccccc3)CN12. The van der Waals surface area contributed by atoms with Crippen LogP contribution in [-0.2, 0) is 6.18 Å². The van der Waals surface area contributed by atoms with Crippen molar-refractivity contribution in [3.05, 3.63) is 83.9 Å². The molecule has 1 amide bonds. The fourth-order valence-corrected chi connectivity index (χ4v) is 4.39. The first-order chi connectivity index (χ1) is 15.4. The van der Waals surface area contributed by atoms with Crippen molar-refractivity contribution in [2.45, 2.75) is 24.7 Å². The molecule has 0 saturated carbocycles. The van der Waals surface area contributed by atoms with E-state index >= 15 is 0 Å². The summed E-state index contributed by atoms with van der Waals surface area (Å²) in [6.45, 7) is 0.969. The molecule has 1 N–H and O–H groups in total. The Morgan fingerprint density at radius 2 is 1.66 bits per heavy atom. The summed E-state index contributed by atoms with van der Waals surface area (Å²) in [6.07, 6.45) is -3.61. The zero-order valence-electron chi connectivity index (χ0n) is 17.1. The fraction of sp³-hybridized carbons (Fsp3) is 0.240. The molecule has 3 aromatic rings. The van der Waals surface area contributed by atoms with Crippen LogP contribution in [0.4, 0.5) is 18.9 Å². The number of nitrogens with one attached hydrogen (secondary N) is 1. The number of amides is 1. The second kappa shape index (κ2) is 7.89. The lowest BCUT2D eigenvalue weighted by Crippen LogP contribution is -2.37. The lowest BCUT2D eigenvalue weighted by Gasteiger charge is -2.20. The molecule has 0 aliphatic carbocycles. The minimum absolute atomic E-state index is 0.0365. The van der Waals surface area contributed by atoms with Gasteiger partial charge < -0.3 is 15.0 Å². The Morgan fingerprint density at radius 1 is 0.938 bits per heavy atom. The van der Waals surface area contributed by atoms with Crippen LogP contribution >= 0.6 is 0 Å². The van der Waals surface area contributed by atoms with Crippen molar-refractivity contribution < 1.29 is 22.7 Å². The normalized spacial score (nSPS) is 20.2. The molecule has 0 bridgehead atoms. The van der Waals surface area contributed by atoms with Crippen molar-refractivity contribution >= 4 is 11.6 Å². The predicted octanol–water partition coefficient (Wildman–Crippen LogP) is 5.46. The molecule has 3 aromatic carbocycles.